The maximum Gasteiger partial charge on any atom is 0.223 e. The molecular weight excluding hydrogens is 230 g/mol. The Morgan fingerprint density at radius 1 is 1.44 bits per heavy atom. The number of ether oxygens (including phenoxy) is 1. The molecule has 0 saturated carbocycles. The molecule has 18 heavy (non-hydrogen) atoms. The number of aryl methyl sites for hydroxylation is 2. The third-order valence-electron chi connectivity index (χ3n) is 2.52. The van der Waals surface area contributed by atoms with Crippen LogP contribution in [0.4, 0.5) is 0 Å². The molecule has 1 amide bonds. The molecule has 1 aromatic rings. The zero-order valence-electron chi connectivity index (χ0n) is 11.2. The lowest BCUT2D eigenvalue weighted by atomic mass is 10.1. The summed E-state index contributed by atoms with van der Waals surface area (Å²) >= 11 is 0. The average Bonchev–Trinajstić information content (AvgIpc) is 2.31. The van der Waals surface area contributed by atoms with E-state index in [-0.39, 0.29) is 12.5 Å². The van der Waals surface area contributed by atoms with Gasteiger partial charge in [-0.25, -0.2) is 0 Å². The first-order chi connectivity index (χ1) is 8.49. The Labute approximate surface area is 108 Å². The molecule has 0 heterocycles. The van der Waals surface area contributed by atoms with Crippen LogP contribution >= 0.6 is 0 Å². The van der Waals surface area contributed by atoms with Crippen molar-refractivity contribution in [3.63, 3.8) is 0 Å². The summed E-state index contributed by atoms with van der Waals surface area (Å²) in [4.78, 5) is 11.4. The van der Waals surface area contributed by atoms with Crippen LogP contribution in [0.25, 0.3) is 0 Å². The molecule has 0 spiro atoms. The van der Waals surface area contributed by atoms with Crippen LogP contribution in [0.1, 0.15) is 24.5 Å². The van der Waals surface area contributed by atoms with Gasteiger partial charge >= 0.3 is 0 Å². The number of carbonyl (C=O) groups excluding carboxylic acids is 1. The highest BCUT2D eigenvalue weighted by molar-refractivity contribution is 5.76. The third-order valence-corrected chi connectivity index (χ3v) is 2.52. The maximum absolute atomic E-state index is 11.4. The quantitative estimate of drug-likeness (QED) is 0.807. The Hall–Kier alpha value is -1.55. The van der Waals surface area contributed by atoms with Gasteiger partial charge in [0.15, 0.2) is 0 Å². The standard InChI is InChI=1S/C14H21NO3/c1-10-4-5-11(2)13(8-10)18-7-6-14(17)15-9-12(3)16/h4-5,8,12,16H,6-7,9H2,1-3H3,(H,15,17)/t12-/m0/s1. The van der Waals surface area contributed by atoms with Crippen molar-refractivity contribution in [1.29, 1.82) is 0 Å². The van der Waals surface area contributed by atoms with Gasteiger partial charge in [0.2, 0.25) is 5.91 Å². The van der Waals surface area contributed by atoms with Gasteiger partial charge in [0.05, 0.1) is 19.1 Å². The minimum atomic E-state index is -0.520. The summed E-state index contributed by atoms with van der Waals surface area (Å²) in [6.45, 7) is 6.23. The number of aliphatic hydroxyl groups excluding tert-OH is 1. The summed E-state index contributed by atoms with van der Waals surface area (Å²) in [7, 11) is 0. The van der Waals surface area contributed by atoms with Gasteiger partial charge in [0.25, 0.3) is 0 Å². The molecule has 0 aromatic heterocycles. The van der Waals surface area contributed by atoms with Crippen molar-refractivity contribution in [2.45, 2.75) is 33.3 Å². The number of rotatable bonds is 6. The van der Waals surface area contributed by atoms with Crippen LogP contribution in [-0.2, 0) is 4.79 Å². The van der Waals surface area contributed by atoms with E-state index in [1.165, 1.54) is 0 Å². The lowest BCUT2D eigenvalue weighted by Gasteiger charge is -2.10. The first-order valence-corrected chi connectivity index (χ1v) is 6.14. The molecule has 4 nitrogen and oxygen atoms in total. The van der Waals surface area contributed by atoms with E-state index in [1.54, 1.807) is 6.92 Å². The summed E-state index contributed by atoms with van der Waals surface area (Å²) in [5.74, 6) is 0.708. The highest BCUT2D eigenvalue weighted by Crippen LogP contribution is 2.19. The van der Waals surface area contributed by atoms with E-state index in [9.17, 15) is 4.79 Å². The second-order valence-electron chi connectivity index (χ2n) is 4.52. The monoisotopic (exact) mass is 251 g/mol. The zero-order valence-corrected chi connectivity index (χ0v) is 11.2. The van der Waals surface area contributed by atoms with Gasteiger partial charge in [-0.3, -0.25) is 4.79 Å². The number of aliphatic hydroxyl groups is 1. The molecule has 0 aliphatic rings. The normalized spacial score (nSPS) is 12.0. The van der Waals surface area contributed by atoms with Crippen molar-refractivity contribution in [2.75, 3.05) is 13.2 Å². The van der Waals surface area contributed by atoms with Gasteiger partial charge in [-0.15, -0.1) is 0 Å². The maximum atomic E-state index is 11.4. The summed E-state index contributed by atoms with van der Waals surface area (Å²) in [6.07, 6.45) is -0.228. The molecule has 1 rings (SSSR count). The largest absolute Gasteiger partial charge is 0.493 e. The van der Waals surface area contributed by atoms with Crippen LogP contribution in [0.3, 0.4) is 0 Å². The van der Waals surface area contributed by atoms with Crippen LogP contribution in [0.2, 0.25) is 0 Å². The van der Waals surface area contributed by atoms with Crippen LogP contribution in [0, 0.1) is 13.8 Å². The minimum absolute atomic E-state index is 0.110. The van der Waals surface area contributed by atoms with Gasteiger partial charge in [-0.2, -0.15) is 0 Å². The molecule has 0 saturated heterocycles. The lowest BCUT2D eigenvalue weighted by Crippen LogP contribution is -2.31. The molecule has 1 atom stereocenters. The number of nitrogens with one attached hydrogen (secondary N) is 1. The van der Waals surface area contributed by atoms with Gasteiger partial charge in [0.1, 0.15) is 5.75 Å². The summed E-state index contributed by atoms with van der Waals surface area (Å²) in [5.41, 5.74) is 2.19. The Bertz CT molecular complexity index is 402. The fourth-order valence-corrected chi connectivity index (χ4v) is 1.47. The van der Waals surface area contributed by atoms with Gasteiger partial charge in [-0.05, 0) is 38.0 Å². The molecule has 2 N–H and O–H groups in total. The molecule has 0 aliphatic heterocycles. The average molecular weight is 251 g/mol. The summed E-state index contributed by atoms with van der Waals surface area (Å²) in [6, 6.07) is 5.98. The molecule has 0 fully saturated rings. The number of carbonyl (C=O) groups is 1. The van der Waals surface area contributed by atoms with E-state index in [2.05, 4.69) is 5.32 Å². The fourth-order valence-electron chi connectivity index (χ4n) is 1.47. The van der Waals surface area contributed by atoms with E-state index >= 15 is 0 Å². The second kappa shape index (κ2) is 7.01. The number of benzene rings is 1. The molecule has 0 bridgehead atoms. The SMILES string of the molecule is Cc1ccc(C)c(OCCC(=O)NC[C@H](C)O)c1. The molecule has 4 heteroatoms. The molecule has 0 radical (unpaired) electrons. The summed E-state index contributed by atoms with van der Waals surface area (Å²) in [5, 5.41) is 11.7. The van der Waals surface area contributed by atoms with Crippen LogP contribution in [-0.4, -0.2) is 30.3 Å². The van der Waals surface area contributed by atoms with E-state index in [0.29, 0.717) is 13.0 Å². The molecule has 0 aliphatic carbocycles. The second-order valence-corrected chi connectivity index (χ2v) is 4.52. The lowest BCUT2D eigenvalue weighted by molar-refractivity contribution is -0.122. The van der Waals surface area contributed by atoms with Crippen molar-refractivity contribution in [2.24, 2.45) is 0 Å². The van der Waals surface area contributed by atoms with E-state index in [1.807, 2.05) is 32.0 Å². The highest BCUT2D eigenvalue weighted by Gasteiger charge is 2.04. The van der Waals surface area contributed by atoms with E-state index in [0.717, 1.165) is 16.9 Å². The predicted octanol–water partition coefficient (Wildman–Crippen LogP) is 1.57. The Morgan fingerprint density at radius 3 is 2.83 bits per heavy atom. The van der Waals surface area contributed by atoms with Crippen molar-refractivity contribution < 1.29 is 14.6 Å². The van der Waals surface area contributed by atoms with Crippen molar-refractivity contribution in [1.82, 2.24) is 5.32 Å². The zero-order chi connectivity index (χ0) is 13.5. The van der Waals surface area contributed by atoms with Crippen molar-refractivity contribution in [3.05, 3.63) is 29.3 Å². The number of amides is 1. The third kappa shape index (κ3) is 5.19. The number of hydrogen-bond acceptors (Lipinski definition) is 3. The summed E-state index contributed by atoms with van der Waals surface area (Å²) < 4.78 is 5.57. The smallest absolute Gasteiger partial charge is 0.223 e. The molecule has 1 aromatic carbocycles. The van der Waals surface area contributed by atoms with Crippen molar-refractivity contribution in [3.8, 4) is 5.75 Å². The van der Waals surface area contributed by atoms with Crippen LogP contribution < -0.4 is 10.1 Å². The van der Waals surface area contributed by atoms with Gasteiger partial charge < -0.3 is 15.2 Å². The predicted molar refractivity (Wildman–Crippen MR) is 70.7 cm³/mol. The van der Waals surface area contributed by atoms with E-state index in [4.69, 9.17) is 9.84 Å². The van der Waals surface area contributed by atoms with Gasteiger partial charge in [0, 0.05) is 6.54 Å². The molecular formula is C14H21NO3. The fraction of sp³-hybridized carbons (Fsp3) is 0.500. The Kier molecular flexibility index (Phi) is 5.65. The Balaban J connectivity index is 2.33. The molecule has 0 unspecified atom stereocenters. The number of hydrogen-bond donors (Lipinski definition) is 2. The molecule has 100 valence electrons. The first-order valence-electron chi connectivity index (χ1n) is 6.14. The van der Waals surface area contributed by atoms with Crippen LogP contribution in [0.5, 0.6) is 5.75 Å². The Morgan fingerprint density at radius 2 is 2.17 bits per heavy atom. The van der Waals surface area contributed by atoms with Gasteiger partial charge in [-0.1, -0.05) is 12.1 Å². The van der Waals surface area contributed by atoms with Crippen molar-refractivity contribution >= 4 is 5.91 Å². The van der Waals surface area contributed by atoms with E-state index < -0.39 is 6.10 Å². The minimum Gasteiger partial charge on any atom is -0.493 e. The topological polar surface area (TPSA) is 58.6 Å². The first kappa shape index (κ1) is 14.5. The highest BCUT2D eigenvalue weighted by atomic mass is 16.5. The van der Waals surface area contributed by atoms with Crippen LogP contribution in [0.15, 0.2) is 18.2 Å².